The minimum absolute atomic E-state index is 0.0303. The SMILES string of the molecule is CC(C)(C)OC(=O)N1CCC(N2CCN(C3CCN(C(=O)c4cc(C(F)(F)F)cc(C(F)(F)F)c4)CC3c3ccccc3)CC2)C1. The number of amides is 2. The van der Waals surface area contributed by atoms with E-state index in [9.17, 15) is 35.9 Å². The van der Waals surface area contributed by atoms with Crippen molar-refractivity contribution < 1.29 is 40.7 Å². The Morgan fingerprint density at radius 2 is 1.28 bits per heavy atom. The predicted molar refractivity (Wildman–Crippen MR) is 159 cm³/mol. The van der Waals surface area contributed by atoms with Crippen LogP contribution in [0, 0.1) is 0 Å². The second-order valence-corrected chi connectivity index (χ2v) is 13.4. The van der Waals surface area contributed by atoms with Crippen molar-refractivity contribution >= 4 is 12.0 Å². The van der Waals surface area contributed by atoms with Crippen LogP contribution < -0.4 is 0 Å². The summed E-state index contributed by atoms with van der Waals surface area (Å²) in [6, 6.07) is 10.8. The van der Waals surface area contributed by atoms with E-state index in [1.54, 1.807) is 4.90 Å². The predicted octanol–water partition coefficient (Wildman–Crippen LogP) is 6.35. The third kappa shape index (κ3) is 7.96. The van der Waals surface area contributed by atoms with Crippen molar-refractivity contribution in [2.24, 2.45) is 0 Å². The van der Waals surface area contributed by atoms with Crippen LogP contribution in [0.4, 0.5) is 31.1 Å². The molecular formula is C33H40F6N4O3. The summed E-state index contributed by atoms with van der Waals surface area (Å²) < 4.78 is 86.5. The molecule has 3 saturated heterocycles. The van der Waals surface area contributed by atoms with Crippen LogP contribution in [0.15, 0.2) is 48.5 Å². The van der Waals surface area contributed by atoms with Crippen molar-refractivity contribution in [1.29, 1.82) is 0 Å². The molecule has 3 aliphatic rings. The van der Waals surface area contributed by atoms with E-state index in [4.69, 9.17) is 4.74 Å². The number of carbonyl (C=O) groups excluding carboxylic acids is 2. The maximum Gasteiger partial charge on any atom is 0.416 e. The van der Waals surface area contributed by atoms with E-state index in [0.717, 1.165) is 38.2 Å². The van der Waals surface area contributed by atoms with E-state index < -0.39 is 40.6 Å². The van der Waals surface area contributed by atoms with Crippen molar-refractivity contribution in [3.05, 3.63) is 70.8 Å². The molecule has 3 unspecified atom stereocenters. The number of nitrogens with zero attached hydrogens (tertiary/aromatic N) is 4. The Bertz CT molecular complexity index is 1350. The van der Waals surface area contributed by atoms with Gasteiger partial charge in [0.2, 0.25) is 0 Å². The van der Waals surface area contributed by atoms with Crippen LogP contribution in [0.5, 0.6) is 0 Å². The second-order valence-electron chi connectivity index (χ2n) is 13.4. The van der Waals surface area contributed by atoms with Crippen LogP contribution in [0.1, 0.15) is 66.6 Å². The minimum atomic E-state index is -5.04. The molecule has 0 spiro atoms. The summed E-state index contributed by atoms with van der Waals surface area (Å²) in [6.45, 7) is 10.2. The molecule has 0 aromatic heterocycles. The number of piperazine rings is 1. The minimum Gasteiger partial charge on any atom is -0.444 e. The van der Waals surface area contributed by atoms with Gasteiger partial charge in [-0.25, -0.2) is 4.79 Å². The van der Waals surface area contributed by atoms with Crippen LogP contribution in [0.2, 0.25) is 0 Å². The Hall–Kier alpha value is -3.32. The molecule has 3 heterocycles. The van der Waals surface area contributed by atoms with Gasteiger partial charge in [-0.05, 0) is 57.4 Å². The molecule has 5 rings (SSSR count). The molecule has 0 N–H and O–H groups in total. The smallest absolute Gasteiger partial charge is 0.416 e. The van der Waals surface area contributed by atoms with Gasteiger partial charge in [0.25, 0.3) is 5.91 Å². The van der Waals surface area contributed by atoms with E-state index >= 15 is 0 Å². The zero-order valence-corrected chi connectivity index (χ0v) is 26.2. The number of hydrogen-bond acceptors (Lipinski definition) is 5. The number of ether oxygens (including phenoxy) is 1. The van der Waals surface area contributed by atoms with Gasteiger partial charge in [-0.3, -0.25) is 14.6 Å². The zero-order chi connectivity index (χ0) is 33.4. The van der Waals surface area contributed by atoms with E-state index in [1.165, 1.54) is 4.90 Å². The Morgan fingerprint density at radius 3 is 1.85 bits per heavy atom. The summed E-state index contributed by atoms with van der Waals surface area (Å²) in [6.07, 6.45) is -9.00. The van der Waals surface area contributed by atoms with Gasteiger partial charge in [0.1, 0.15) is 5.60 Å². The van der Waals surface area contributed by atoms with Gasteiger partial charge in [-0.2, -0.15) is 26.3 Å². The molecule has 0 bridgehead atoms. The number of benzene rings is 2. The highest BCUT2D eigenvalue weighted by atomic mass is 19.4. The summed E-state index contributed by atoms with van der Waals surface area (Å²) in [7, 11) is 0. The van der Waals surface area contributed by atoms with Crippen LogP contribution in [-0.2, 0) is 17.1 Å². The molecule has 0 saturated carbocycles. The van der Waals surface area contributed by atoms with Gasteiger partial charge in [0.05, 0.1) is 11.1 Å². The quantitative estimate of drug-likeness (QED) is 0.360. The largest absolute Gasteiger partial charge is 0.444 e. The lowest BCUT2D eigenvalue weighted by Gasteiger charge is -2.47. The Labute approximate surface area is 265 Å². The van der Waals surface area contributed by atoms with Crippen molar-refractivity contribution in [3.8, 4) is 0 Å². The van der Waals surface area contributed by atoms with Crippen LogP contribution in [0.3, 0.4) is 0 Å². The number of hydrogen-bond donors (Lipinski definition) is 0. The highest BCUT2D eigenvalue weighted by Crippen LogP contribution is 2.38. The molecule has 0 aliphatic carbocycles. The number of rotatable bonds is 4. The number of piperidine rings is 1. The molecule has 252 valence electrons. The fraction of sp³-hybridized carbons (Fsp3) is 0.576. The monoisotopic (exact) mass is 654 g/mol. The lowest BCUT2D eigenvalue weighted by Crippen LogP contribution is -2.58. The zero-order valence-electron chi connectivity index (χ0n) is 26.2. The molecule has 46 heavy (non-hydrogen) atoms. The fourth-order valence-electron chi connectivity index (χ4n) is 6.82. The van der Waals surface area contributed by atoms with Gasteiger partial charge >= 0.3 is 18.4 Å². The molecule has 2 aromatic carbocycles. The molecule has 3 atom stereocenters. The Morgan fingerprint density at radius 1 is 0.717 bits per heavy atom. The van der Waals surface area contributed by atoms with E-state index in [0.29, 0.717) is 31.6 Å². The fourth-order valence-corrected chi connectivity index (χ4v) is 6.82. The molecule has 13 heteroatoms. The summed E-state index contributed by atoms with van der Waals surface area (Å²) in [5.74, 6) is -1.04. The summed E-state index contributed by atoms with van der Waals surface area (Å²) in [5.41, 5.74) is -3.24. The first kappa shape index (κ1) is 34.0. The third-order valence-electron chi connectivity index (χ3n) is 9.08. The highest BCUT2D eigenvalue weighted by Gasteiger charge is 2.41. The number of likely N-dealkylation sites (tertiary alicyclic amines) is 2. The van der Waals surface area contributed by atoms with Gasteiger partial charge in [0.15, 0.2) is 0 Å². The molecule has 0 radical (unpaired) electrons. The van der Waals surface area contributed by atoms with Crippen LogP contribution in [-0.4, -0.2) is 102 Å². The summed E-state index contributed by atoms with van der Waals surface area (Å²) in [5, 5.41) is 0. The first-order valence-corrected chi connectivity index (χ1v) is 15.6. The average molecular weight is 655 g/mol. The van der Waals surface area contributed by atoms with Crippen LogP contribution >= 0.6 is 0 Å². The van der Waals surface area contributed by atoms with Gasteiger partial charge < -0.3 is 14.5 Å². The lowest BCUT2D eigenvalue weighted by molar-refractivity contribution is -0.143. The van der Waals surface area contributed by atoms with Crippen LogP contribution in [0.25, 0.3) is 0 Å². The second kappa shape index (κ2) is 13.1. The van der Waals surface area contributed by atoms with Crippen molar-refractivity contribution in [1.82, 2.24) is 19.6 Å². The molecule has 2 amide bonds. The average Bonchev–Trinajstić information content (AvgIpc) is 3.50. The Kier molecular flexibility index (Phi) is 9.66. The maximum atomic E-state index is 13.5. The number of alkyl halides is 6. The number of halogens is 6. The lowest BCUT2D eigenvalue weighted by atomic mass is 9.84. The molecule has 3 aliphatic heterocycles. The van der Waals surface area contributed by atoms with E-state index in [2.05, 4.69) is 9.80 Å². The highest BCUT2D eigenvalue weighted by molar-refractivity contribution is 5.95. The number of carbonyl (C=O) groups is 2. The first-order valence-electron chi connectivity index (χ1n) is 15.6. The normalized spacial score (nSPS) is 23.9. The van der Waals surface area contributed by atoms with Crippen molar-refractivity contribution in [3.63, 3.8) is 0 Å². The molecule has 2 aromatic rings. The summed E-state index contributed by atoms with van der Waals surface area (Å²) in [4.78, 5) is 33.9. The van der Waals surface area contributed by atoms with E-state index in [1.807, 2.05) is 51.1 Å². The first-order chi connectivity index (χ1) is 21.5. The molecule has 7 nitrogen and oxygen atoms in total. The standard InChI is InChI=1S/C33H40F6N4O3/c1-31(2,3)46-30(45)43-11-9-26(20-43)40-13-15-41(16-14-40)28-10-12-42(21-27(28)22-7-5-4-6-8-22)29(44)23-17-24(32(34,35)36)19-25(18-23)33(37,38)39/h4-8,17-19,26-28H,9-16,20-21H2,1-3H3. The van der Waals surface area contributed by atoms with Crippen molar-refractivity contribution in [2.75, 3.05) is 52.4 Å². The van der Waals surface area contributed by atoms with Crippen molar-refractivity contribution in [2.45, 2.75) is 69.6 Å². The maximum absolute atomic E-state index is 13.5. The van der Waals surface area contributed by atoms with Gasteiger partial charge in [-0.15, -0.1) is 0 Å². The van der Waals surface area contributed by atoms with Gasteiger partial charge in [0, 0.05) is 75.9 Å². The molecule has 3 fully saturated rings. The van der Waals surface area contributed by atoms with E-state index in [-0.39, 0.29) is 43.3 Å². The molecular weight excluding hydrogens is 614 g/mol. The van der Waals surface area contributed by atoms with Gasteiger partial charge in [-0.1, -0.05) is 30.3 Å². The topological polar surface area (TPSA) is 56.3 Å². The third-order valence-corrected chi connectivity index (χ3v) is 9.08. The summed E-state index contributed by atoms with van der Waals surface area (Å²) >= 11 is 0. The Balaban J connectivity index is 1.28.